The normalized spacial score (nSPS) is 21.5. The summed E-state index contributed by atoms with van der Waals surface area (Å²) in [6.07, 6.45) is 10.1. The first-order chi connectivity index (χ1) is 17.5. The summed E-state index contributed by atoms with van der Waals surface area (Å²) in [6.45, 7) is 2.11. The number of rotatable bonds is 4. The summed E-state index contributed by atoms with van der Waals surface area (Å²) in [7, 11) is 2.24. The molecule has 3 aromatic heterocycles. The van der Waals surface area contributed by atoms with Crippen LogP contribution in [0.4, 0.5) is 4.39 Å². The summed E-state index contributed by atoms with van der Waals surface area (Å²) in [4.78, 5) is 3.93. The molecule has 2 aliphatic heterocycles. The van der Waals surface area contributed by atoms with Gasteiger partial charge in [-0.1, -0.05) is 11.8 Å². The zero-order valence-electron chi connectivity index (χ0n) is 20.0. The van der Waals surface area contributed by atoms with Crippen molar-refractivity contribution >= 4 is 17.3 Å². The van der Waals surface area contributed by atoms with Crippen LogP contribution in [0.25, 0.3) is 16.6 Å². The first kappa shape index (κ1) is 22.8. The lowest BCUT2D eigenvalue weighted by Crippen LogP contribution is -2.40. The van der Waals surface area contributed by atoms with Gasteiger partial charge in [-0.05, 0) is 63.9 Å². The van der Waals surface area contributed by atoms with E-state index in [9.17, 15) is 14.9 Å². The Bertz CT molecular complexity index is 1560. The number of nitrogens with zero attached hydrogens (tertiary/aromatic N) is 7. The van der Waals surface area contributed by atoms with Gasteiger partial charge in [0.05, 0.1) is 35.1 Å². The highest BCUT2D eigenvalue weighted by molar-refractivity contribution is 7.99. The molecule has 9 heteroatoms. The largest absolute Gasteiger partial charge is 0.300 e. The van der Waals surface area contributed by atoms with Crippen LogP contribution in [0.1, 0.15) is 48.5 Å². The third-order valence-electron chi connectivity index (χ3n) is 7.75. The van der Waals surface area contributed by atoms with E-state index < -0.39 is 5.82 Å². The minimum atomic E-state index is -0.456. The maximum atomic E-state index is 13.7. The van der Waals surface area contributed by atoms with Crippen LogP contribution in [0, 0.1) is 35.4 Å². The minimum absolute atomic E-state index is 0.252. The molecule has 0 aliphatic carbocycles. The van der Waals surface area contributed by atoms with Gasteiger partial charge in [0.1, 0.15) is 18.0 Å². The number of nitriles is 2. The number of fused-ring (bicyclic) bond motifs is 3. The van der Waals surface area contributed by atoms with E-state index >= 15 is 0 Å². The van der Waals surface area contributed by atoms with Crippen LogP contribution >= 0.6 is 11.8 Å². The van der Waals surface area contributed by atoms with Gasteiger partial charge >= 0.3 is 0 Å². The fourth-order valence-electron chi connectivity index (χ4n) is 5.85. The van der Waals surface area contributed by atoms with Crippen molar-refractivity contribution in [2.24, 2.45) is 0 Å². The van der Waals surface area contributed by atoms with Gasteiger partial charge in [0.25, 0.3) is 0 Å². The molecule has 0 radical (unpaired) electrons. The van der Waals surface area contributed by atoms with Crippen molar-refractivity contribution in [3.05, 3.63) is 65.5 Å². The first-order valence-electron chi connectivity index (χ1n) is 12.0. The highest BCUT2D eigenvalue weighted by Crippen LogP contribution is 2.42. The lowest BCUT2D eigenvalue weighted by molar-refractivity contribution is 0.130. The molecule has 2 fully saturated rings. The van der Waals surface area contributed by atoms with Crippen LogP contribution in [0.2, 0.25) is 0 Å². The molecule has 7 nitrogen and oxygen atoms in total. The molecule has 5 heterocycles. The summed E-state index contributed by atoms with van der Waals surface area (Å²) >= 11 is 1.34. The van der Waals surface area contributed by atoms with E-state index in [1.54, 1.807) is 16.8 Å². The predicted octanol–water partition coefficient (Wildman–Crippen LogP) is 5.34. The lowest BCUT2D eigenvalue weighted by atomic mass is 9.97. The SMILES string of the molecule is Cc1c(-c2cc(Sc3ccc(F)cc3C#N)c3c(C#N)cnn3c2)cnn1[C@H]1C[C@H]2CC[C@@H](C1)N2C. The maximum absolute atomic E-state index is 13.7. The monoisotopic (exact) mass is 497 g/mol. The van der Waals surface area contributed by atoms with Crippen molar-refractivity contribution in [3.8, 4) is 23.3 Å². The number of aromatic nitrogens is 4. The van der Waals surface area contributed by atoms with Crippen molar-refractivity contribution in [2.45, 2.75) is 60.5 Å². The minimum Gasteiger partial charge on any atom is -0.300 e. The van der Waals surface area contributed by atoms with Gasteiger partial charge < -0.3 is 4.90 Å². The van der Waals surface area contributed by atoms with Gasteiger partial charge in [-0.25, -0.2) is 8.91 Å². The van der Waals surface area contributed by atoms with Gasteiger partial charge in [0, 0.05) is 44.9 Å². The molecular weight excluding hydrogens is 473 g/mol. The smallest absolute Gasteiger partial charge is 0.124 e. The highest BCUT2D eigenvalue weighted by atomic mass is 32.2. The number of hydrogen-bond donors (Lipinski definition) is 0. The van der Waals surface area contributed by atoms with Crippen molar-refractivity contribution in [2.75, 3.05) is 7.05 Å². The lowest BCUT2D eigenvalue weighted by Gasteiger charge is -2.36. The second-order valence-electron chi connectivity index (χ2n) is 9.67. The molecule has 36 heavy (non-hydrogen) atoms. The molecule has 0 saturated carbocycles. The molecule has 0 amide bonds. The van der Waals surface area contributed by atoms with Crippen molar-refractivity contribution in [1.82, 2.24) is 24.3 Å². The third kappa shape index (κ3) is 3.67. The van der Waals surface area contributed by atoms with E-state index in [2.05, 4.69) is 40.8 Å². The number of hydrogen-bond acceptors (Lipinski definition) is 6. The summed E-state index contributed by atoms with van der Waals surface area (Å²) in [5, 5.41) is 28.4. The van der Waals surface area contributed by atoms with Crippen molar-refractivity contribution < 1.29 is 4.39 Å². The topological polar surface area (TPSA) is 85.9 Å². The van der Waals surface area contributed by atoms with Gasteiger partial charge in [-0.2, -0.15) is 20.7 Å². The third-order valence-corrected chi connectivity index (χ3v) is 8.86. The molecular formula is C27H24FN7S. The molecule has 0 unspecified atom stereocenters. The Morgan fingerprint density at radius 3 is 2.44 bits per heavy atom. The molecule has 2 saturated heterocycles. The van der Waals surface area contributed by atoms with Crippen LogP contribution < -0.4 is 0 Å². The molecule has 2 aliphatic rings. The van der Waals surface area contributed by atoms with E-state index in [-0.39, 0.29) is 5.56 Å². The van der Waals surface area contributed by atoms with E-state index in [0.29, 0.717) is 34.1 Å². The molecule has 0 spiro atoms. The van der Waals surface area contributed by atoms with Gasteiger partial charge in [-0.3, -0.25) is 4.68 Å². The summed E-state index contributed by atoms with van der Waals surface area (Å²) in [5.74, 6) is -0.456. The Morgan fingerprint density at radius 2 is 1.72 bits per heavy atom. The quantitative estimate of drug-likeness (QED) is 0.378. The summed E-state index contributed by atoms with van der Waals surface area (Å²) < 4.78 is 17.6. The Hall–Kier alpha value is -3.66. The fraction of sp³-hybridized carbons (Fsp3) is 0.333. The van der Waals surface area contributed by atoms with Crippen LogP contribution in [-0.2, 0) is 0 Å². The summed E-state index contributed by atoms with van der Waals surface area (Å²) in [6, 6.07) is 12.1. The molecule has 1 aromatic carbocycles. The van der Waals surface area contributed by atoms with Gasteiger partial charge in [0.15, 0.2) is 0 Å². The van der Waals surface area contributed by atoms with Crippen molar-refractivity contribution in [3.63, 3.8) is 0 Å². The molecule has 3 atom stereocenters. The average molecular weight is 498 g/mol. The standard InChI is InChI=1S/C27H24FN7S/c1-16-24(14-32-35(16)23-9-21-4-5-22(10-23)33(21)2)18-8-26(27-19(12-30)13-31-34(27)15-18)36-25-6-3-20(28)7-17(25)11-29/h3,6-8,13-15,21-23H,4-5,9-10H2,1-2H3/t21-,22+,23+. The zero-order chi connectivity index (χ0) is 25.0. The second-order valence-corrected chi connectivity index (χ2v) is 10.8. The van der Waals surface area contributed by atoms with E-state index in [1.165, 1.54) is 36.7 Å². The Kier molecular flexibility index (Phi) is 5.55. The highest BCUT2D eigenvalue weighted by Gasteiger charge is 2.39. The van der Waals surface area contributed by atoms with E-state index in [0.717, 1.165) is 34.6 Å². The number of benzene rings is 1. The Balaban J connectivity index is 1.42. The average Bonchev–Trinajstić information content (AvgIpc) is 3.52. The fourth-order valence-corrected chi connectivity index (χ4v) is 6.92. The summed E-state index contributed by atoms with van der Waals surface area (Å²) in [5.41, 5.74) is 4.40. The predicted molar refractivity (Wildman–Crippen MR) is 134 cm³/mol. The maximum Gasteiger partial charge on any atom is 0.124 e. The number of pyridine rings is 1. The Morgan fingerprint density at radius 1 is 0.972 bits per heavy atom. The van der Waals surface area contributed by atoms with E-state index in [1.807, 2.05) is 18.5 Å². The van der Waals surface area contributed by atoms with Crippen molar-refractivity contribution in [1.29, 1.82) is 10.5 Å². The van der Waals surface area contributed by atoms with Gasteiger partial charge in [0.2, 0.25) is 0 Å². The Labute approximate surface area is 212 Å². The molecule has 2 bridgehead atoms. The van der Waals surface area contributed by atoms with Crippen LogP contribution in [0.3, 0.4) is 0 Å². The van der Waals surface area contributed by atoms with Crippen LogP contribution in [0.15, 0.2) is 52.6 Å². The van der Waals surface area contributed by atoms with Crippen LogP contribution in [0.5, 0.6) is 0 Å². The van der Waals surface area contributed by atoms with Gasteiger partial charge in [-0.15, -0.1) is 0 Å². The zero-order valence-corrected chi connectivity index (χ0v) is 20.8. The molecule has 6 rings (SSSR count). The number of halogens is 1. The molecule has 4 aromatic rings. The second kappa shape index (κ2) is 8.77. The molecule has 180 valence electrons. The molecule has 0 N–H and O–H groups in total. The number of piperidine rings is 1. The first-order valence-corrected chi connectivity index (χ1v) is 12.8. The van der Waals surface area contributed by atoms with Crippen LogP contribution in [-0.4, -0.2) is 43.4 Å². The van der Waals surface area contributed by atoms with E-state index in [4.69, 9.17) is 5.10 Å².